The van der Waals surface area contributed by atoms with Crippen LogP contribution in [0.3, 0.4) is 0 Å². The number of benzene rings is 1. The van der Waals surface area contributed by atoms with E-state index in [1.807, 2.05) is 6.07 Å². The summed E-state index contributed by atoms with van der Waals surface area (Å²) in [6.07, 6.45) is 2.90. The van der Waals surface area contributed by atoms with E-state index in [9.17, 15) is 4.79 Å². The molecule has 1 saturated heterocycles. The molecule has 0 bridgehead atoms. The number of fused-ring (bicyclic) bond motifs is 3. The second-order valence-corrected chi connectivity index (χ2v) is 4.46. The third kappa shape index (κ3) is 1.40. The lowest BCUT2D eigenvalue weighted by atomic mass is 9.86. The Balaban J connectivity index is 2.06. The van der Waals surface area contributed by atoms with E-state index in [1.54, 1.807) is 0 Å². The van der Waals surface area contributed by atoms with E-state index in [0.717, 1.165) is 32.4 Å². The summed E-state index contributed by atoms with van der Waals surface area (Å²) in [5, 5.41) is 0. The van der Waals surface area contributed by atoms with Crippen LogP contribution in [0.1, 0.15) is 30.0 Å². The fraction of sp³-hybridized carbons (Fsp3) is 0.462. The highest BCUT2D eigenvalue weighted by Gasteiger charge is 2.34. The number of hydrogen-bond donors (Lipinski definition) is 0. The van der Waals surface area contributed by atoms with Gasteiger partial charge in [-0.3, -0.25) is 9.69 Å². The maximum Gasteiger partial charge on any atom is 0.154 e. The van der Waals surface area contributed by atoms with Gasteiger partial charge in [0.1, 0.15) is 0 Å². The number of carbonyl (C=O) groups is 1. The van der Waals surface area contributed by atoms with Gasteiger partial charge < -0.3 is 0 Å². The van der Waals surface area contributed by atoms with E-state index < -0.39 is 0 Å². The van der Waals surface area contributed by atoms with Crippen LogP contribution >= 0.6 is 0 Å². The second-order valence-electron chi connectivity index (χ2n) is 4.46. The van der Waals surface area contributed by atoms with Crippen LogP contribution in [0.25, 0.3) is 0 Å². The van der Waals surface area contributed by atoms with Crippen LogP contribution in [-0.2, 0) is 11.2 Å². The van der Waals surface area contributed by atoms with E-state index in [2.05, 4.69) is 23.1 Å². The highest BCUT2D eigenvalue weighted by molar-refractivity contribution is 5.86. The largest absolute Gasteiger partial charge is 0.298 e. The first-order valence-electron chi connectivity index (χ1n) is 5.71. The molecule has 78 valence electrons. The normalized spacial score (nSPS) is 25.9. The average molecular weight is 201 g/mol. The number of rotatable bonds is 0. The molecular weight excluding hydrogens is 186 g/mol. The highest BCUT2D eigenvalue weighted by Crippen LogP contribution is 2.33. The SMILES string of the molecule is O=C1CCCN2CCc3ccccc3C12. The standard InChI is InChI=1S/C13H15NO/c15-12-6-3-8-14-9-7-10-4-1-2-5-11(10)13(12)14/h1-2,4-5,13H,3,6-9H2. The van der Waals surface area contributed by atoms with Crippen LogP contribution in [-0.4, -0.2) is 23.8 Å². The Labute approximate surface area is 89.9 Å². The van der Waals surface area contributed by atoms with Gasteiger partial charge in [0.05, 0.1) is 6.04 Å². The third-order valence-corrected chi connectivity index (χ3v) is 3.56. The Hall–Kier alpha value is -1.15. The molecule has 2 aliphatic rings. The van der Waals surface area contributed by atoms with Gasteiger partial charge >= 0.3 is 0 Å². The molecule has 2 heterocycles. The summed E-state index contributed by atoms with van der Waals surface area (Å²) in [6.45, 7) is 2.14. The zero-order valence-electron chi connectivity index (χ0n) is 8.78. The molecule has 2 nitrogen and oxygen atoms in total. The first-order valence-corrected chi connectivity index (χ1v) is 5.71. The van der Waals surface area contributed by atoms with E-state index in [4.69, 9.17) is 0 Å². The van der Waals surface area contributed by atoms with Crippen molar-refractivity contribution in [2.24, 2.45) is 0 Å². The summed E-state index contributed by atoms with van der Waals surface area (Å²) < 4.78 is 0. The molecule has 0 spiro atoms. The van der Waals surface area contributed by atoms with Crippen molar-refractivity contribution >= 4 is 5.78 Å². The molecule has 1 aromatic carbocycles. The van der Waals surface area contributed by atoms with Gasteiger partial charge in [-0.2, -0.15) is 0 Å². The Morgan fingerprint density at radius 1 is 1.13 bits per heavy atom. The van der Waals surface area contributed by atoms with Gasteiger partial charge in [0.15, 0.2) is 5.78 Å². The smallest absolute Gasteiger partial charge is 0.154 e. The van der Waals surface area contributed by atoms with Gasteiger partial charge in [0.25, 0.3) is 0 Å². The molecule has 2 heteroatoms. The van der Waals surface area contributed by atoms with Crippen molar-refractivity contribution in [3.63, 3.8) is 0 Å². The molecule has 0 amide bonds. The molecule has 3 rings (SSSR count). The van der Waals surface area contributed by atoms with E-state index in [0.29, 0.717) is 5.78 Å². The Kier molecular flexibility index (Phi) is 2.10. The van der Waals surface area contributed by atoms with E-state index >= 15 is 0 Å². The molecule has 0 N–H and O–H groups in total. The number of Topliss-reactive ketones (excluding diaryl/α,β-unsaturated/α-hetero) is 1. The van der Waals surface area contributed by atoms with Gasteiger partial charge in [-0.1, -0.05) is 24.3 Å². The minimum absolute atomic E-state index is 0.0729. The van der Waals surface area contributed by atoms with Crippen molar-refractivity contribution in [3.8, 4) is 0 Å². The van der Waals surface area contributed by atoms with Crippen molar-refractivity contribution in [1.82, 2.24) is 4.90 Å². The number of carbonyl (C=O) groups excluding carboxylic acids is 1. The van der Waals surface area contributed by atoms with Crippen LogP contribution in [0, 0.1) is 0 Å². The Morgan fingerprint density at radius 3 is 2.93 bits per heavy atom. The first-order chi connectivity index (χ1) is 7.36. The molecule has 2 aliphatic heterocycles. The molecular formula is C13H15NO. The fourth-order valence-electron chi connectivity index (χ4n) is 2.83. The van der Waals surface area contributed by atoms with Gasteiger partial charge in [0, 0.05) is 13.0 Å². The van der Waals surface area contributed by atoms with Crippen molar-refractivity contribution < 1.29 is 4.79 Å². The fourth-order valence-corrected chi connectivity index (χ4v) is 2.83. The van der Waals surface area contributed by atoms with Crippen LogP contribution in [0.4, 0.5) is 0 Å². The topological polar surface area (TPSA) is 20.3 Å². The van der Waals surface area contributed by atoms with Crippen molar-refractivity contribution in [1.29, 1.82) is 0 Å². The van der Waals surface area contributed by atoms with Crippen LogP contribution in [0.5, 0.6) is 0 Å². The predicted molar refractivity (Wildman–Crippen MR) is 58.7 cm³/mol. The van der Waals surface area contributed by atoms with Gasteiger partial charge in [0.2, 0.25) is 0 Å². The average Bonchev–Trinajstić information content (AvgIpc) is 2.29. The summed E-state index contributed by atoms with van der Waals surface area (Å²) >= 11 is 0. The van der Waals surface area contributed by atoms with E-state index in [1.165, 1.54) is 11.1 Å². The van der Waals surface area contributed by atoms with Crippen molar-refractivity contribution in [2.45, 2.75) is 25.3 Å². The van der Waals surface area contributed by atoms with Crippen molar-refractivity contribution in [2.75, 3.05) is 13.1 Å². The lowest BCUT2D eigenvalue weighted by Gasteiger charge is -2.39. The lowest BCUT2D eigenvalue weighted by Crippen LogP contribution is -2.43. The summed E-state index contributed by atoms with van der Waals surface area (Å²) in [6, 6.07) is 8.47. The van der Waals surface area contributed by atoms with Crippen LogP contribution in [0.15, 0.2) is 24.3 Å². The lowest BCUT2D eigenvalue weighted by molar-refractivity contribution is -0.127. The second kappa shape index (κ2) is 3.46. The summed E-state index contributed by atoms with van der Waals surface area (Å²) in [4.78, 5) is 14.3. The molecule has 1 aromatic rings. The molecule has 0 aliphatic carbocycles. The number of hydrogen-bond acceptors (Lipinski definition) is 2. The van der Waals surface area contributed by atoms with E-state index in [-0.39, 0.29) is 6.04 Å². The molecule has 0 radical (unpaired) electrons. The summed E-state index contributed by atoms with van der Waals surface area (Å²) in [5.74, 6) is 0.411. The zero-order chi connectivity index (χ0) is 10.3. The summed E-state index contributed by atoms with van der Waals surface area (Å²) in [7, 11) is 0. The number of nitrogens with zero attached hydrogens (tertiary/aromatic N) is 1. The van der Waals surface area contributed by atoms with Gasteiger partial charge in [-0.25, -0.2) is 0 Å². The molecule has 15 heavy (non-hydrogen) atoms. The molecule has 0 aromatic heterocycles. The Bertz CT molecular complexity index is 399. The molecule has 1 atom stereocenters. The quantitative estimate of drug-likeness (QED) is 0.639. The Morgan fingerprint density at radius 2 is 2.00 bits per heavy atom. The molecule has 1 unspecified atom stereocenters. The third-order valence-electron chi connectivity index (χ3n) is 3.56. The minimum atomic E-state index is 0.0729. The maximum absolute atomic E-state index is 11.9. The highest BCUT2D eigenvalue weighted by atomic mass is 16.1. The van der Waals surface area contributed by atoms with Crippen molar-refractivity contribution in [3.05, 3.63) is 35.4 Å². The molecule has 0 saturated carbocycles. The predicted octanol–water partition coefficient (Wildman–Crippen LogP) is 1.95. The number of ketones is 1. The monoisotopic (exact) mass is 201 g/mol. The number of piperidine rings is 1. The zero-order valence-corrected chi connectivity index (χ0v) is 8.78. The van der Waals surface area contributed by atoms with Gasteiger partial charge in [-0.05, 0) is 30.5 Å². The summed E-state index contributed by atoms with van der Waals surface area (Å²) in [5.41, 5.74) is 2.63. The van der Waals surface area contributed by atoms with Gasteiger partial charge in [-0.15, -0.1) is 0 Å². The minimum Gasteiger partial charge on any atom is -0.298 e. The maximum atomic E-state index is 11.9. The van der Waals surface area contributed by atoms with Crippen LogP contribution in [0.2, 0.25) is 0 Å². The van der Waals surface area contributed by atoms with Crippen LogP contribution < -0.4 is 0 Å². The molecule has 1 fully saturated rings. The first kappa shape index (κ1) is 9.10.